The van der Waals surface area contributed by atoms with E-state index in [-0.39, 0.29) is 11.8 Å². The largest absolute Gasteiger partial charge is 0.342 e. The predicted octanol–water partition coefficient (Wildman–Crippen LogP) is 1.41. The molecule has 1 atom stereocenters. The molecule has 20 heavy (non-hydrogen) atoms. The average Bonchev–Trinajstić information content (AvgIpc) is 2.39. The SMILES string of the molecule is CCC1NC(=O)C(C)(C)N(Cc2cncc(C)c2)C1=O. The van der Waals surface area contributed by atoms with Crippen LogP contribution in [-0.2, 0) is 16.1 Å². The topological polar surface area (TPSA) is 62.3 Å². The van der Waals surface area contributed by atoms with Crippen LogP contribution in [-0.4, -0.2) is 33.3 Å². The molecule has 0 aliphatic carbocycles. The van der Waals surface area contributed by atoms with Crippen LogP contribution >= 0.6 is 0 Å². The van der Waals surface area contributed by atoms with Gasteiger partial charge in [-0.05, 0) is 38.3 Å². The molecule has 2 rings (SSSR count). The van der Waals surface area contributed by atoms with Gasteiger partial charge < -0.3 is 10.2 Å². The van der Waals surface area contributed by atoms with Crippen molar-refractivity contribution in [2.75, 3.05) is 0 Å². The number of aryl methyl sites for hydroxylation is 1. The summed E-state index contributed by atoms with van der Waals surface area (Å²) >= 11 is 0. The van der Waals surface area contributed by atoms with Crippen LogP contribution in [0.15, 0.2) is 18.5 Å². The molecule has 1 aliphatic rings. The minimum atomic E-state index is -0.841. The molecule has 1 aromatic heterocycles. The maximum atomic E-state index is 12.5. The van der Waals surface area contributed by atoms with Gasteiger partial charge in [-0.15, -0.1) is 0 Å². The monoisotopic (exact) mass is 275 g/mol. The summed E-state index contributed by atoms with van der Waals surface area (Å²) in [6.07, 6.45) is 4.11. The van der Waals surface area contributed by atoms with Crippen molar-refractivity contribution in [2.24, 2.45) is 0 Å². The van der Waals surface area contributed by atoms with Gasteiger partial charge in [-0.1, -0.05) is 13.0 Å². The van der Waals surface area contributed by atoms with Crippen LogP contribution in [0.5, 0.6) is 0 Å². The number of aromatic nitrogens is 1. The van der Waals surface area contributed by atoms with E-state index in [1.54, 1.807) is 31.1 Å². The van der Waals surface area contributed by atoms with Gasteiger partial charge in [0.25, 0.3) is 0 Å². The lowest BCUT2D eigenvalue weighted by molar-refractivity contribution is -0.156. The molecule has 1 aromatic rings. The van der Waals surface area contributed by atoms with E-state index < -0.39 is 11.6 Å². The highest BCUT2D eigenvalue weighted by Gasteiger charge is 2.45. The molecule has 1 N–H and O–H groups in total. The molecule has 0 saturated carbocycles. The highest BCUT2D eigenvalue weighted by molar-refractivity contribution is 5.99. The zero-order valence-corrected chi connectivity index (χ0v) is 12.4. The molecule has 1 aliphatic heterocycles. The number of carbonyl (C=O) groups excluding carboxylic acids is 2. The number of hydrogen-bond donors (Lipinski definition) is 1. The average molecular weight is 275 g/mol. The fraction of sp³-hybridized carbons (Fsp3) is 0.533. The Morgan fingerprint density at radius 2 is 2.05 bits per heavy atom. The van der Waals surface area contributed by atoms with Crippen molar-refractivity contribution >= 4 is 11.8 Å². The highest BCUT2D eigenvalue weighted by Crippen LogP contribution is 2.24. The fourth-order valence-electron chi connectivity index (χ4n) is 2.42. The lowest BCUT2D eigenvalue weighted by atomic mass is 9.94. The lowest BCUT2D eigenvalue weighted by Crippen LogP contribution is -2.67. The molecule has 0 spiro atoms. The van der Waals surface area contributed by atoms with Gasteiger partial charge >= 0.3 is 0 Å². The highest BCUT2D eigenvalue weighted by atomic mass is 16.2. The number of pyridine rings is 1. The van der Waals surface area contributed by atoms with Crippen LogP contribution in [0, 0.1) is 6.92 Å². The third kappa shape index (κ3) is 2.53. The summed E-state index contributed by atoms with van der Waals surface area (Å²) in [6.45, 7) is 7.81. The van der Waals surface area contributed by atoms with E-state index in [9.17, 15) is 9.59 Å². The van der Waals surface area contributed by atoms with Crippen LogP contribution in [0.4, 0.5) is 0 Å². The van der Waals surface area contributed by atoms with Gasteiger partial charge in [-0.25, -0.2) is 0 Å². The Labute approximate surface area is 119 Å². The number of nitrogens with zero attached hydrogens (tertiary/aromatic N) is 2. The van der Waals surface area contributed by atoms with Gasteiger partial charge in [-0.2, -0.15) is 0 Å². The van der Waals surface area contributed by atoms with Gasteiger partial charge in [0.1, 0.15) is 11.6 Å². The van der Waals surface area contributed by atoms with Gasteiger partial charge in [0.2, 0.25) is 11.8 Å². The second-order valence-corrected chi connectivity index (χ2v) is 5.79. The van der Waals surface area contributed by atoms with Crippen molar-refractivity contribution in [2.45, 2.75) is 52.2 Å². The Hall–Kier alpha value is -1.91. The van der Waals surface area contributed by atoms with E-state index in [0.717, 1.165) is 11.1 Å². The minimum Gasteiger partial charge on any atom is -0.342 e. The Kier molecular flexibility index (Phi) is 3.79. The van der Waals surface area contributed by atoms with Crippen molar-refractivity contribution in [3.8, 4) is 0 Å². The van der Waals surface area contributed by atoms with E-state index in [4.69, 9.17) is 0 Å². The summed E-state index contributed by atoms with van der Waals surface area (Å²) in [6, 6.07) is 1.57. The van der Waals surface area contributed by atoms with Crippen LogP contribution in [0.1, 0.15) is 38.3 Å². The van der Waals surface area contributed by atoms with Crippen molar-refractivity contribution in [3.05, 3.63) is 29.6 Å². The maximum Gasteiger partial charge on any atom is 0.246 e. The van der Waals surface area contributed by atoms with Gasteiger partial charge in [0, 0.05) is 18.9 Å². The Bertz CT molecular complexity index is 540. The third-order valence-corrected chi connectivity index (χ3v) is 3.78. The Morgan fingerprint density at radius 3 is 2.65 bits per heavy atom. The molecule has 0 radical (unpaired) electrons. The summed E-state index contributed by atoms with van der Waals surface area (Å²) in [5.41, 5.74) is 1.14. The minimum absolute atomic E-state index is 0.0291. The molecule has 2 heterocycles. The number of piperazine rings is 1. The first kappa shape index (κ1) is 14.5. The summed E-state index contributed by atoms with van der Waals surface area (Å²) in [5.74, 6) is -0.136. The normalized spacial score (nSPS) is 21.8. The number of rotatable bonds is 3. The summed E-state index contributed by atoms with van der Waals surface area (Å²) < 4.78 is 0. The first-order chi connectivity index (χ1) is 9.36. The van der Waals surface area contributed by atoms with Crippen molar-refractivity contribution < 1.29 is 9.59 Å². The van der Waals surface area contributed by atoms with Gasteiger partial charge in [-0.3, -0.25) is 14.6 Å². The zero-order chi connectivity index (χ0) is 14.9. The van der Waals surface area contributed by atoms with Gasteiger partial charge in [0.15, 0.2) is 0 Å². The molecule has 2 amide bonds. The molecule has 0 bridgehead atoms. The number of amides is 2. The molecule has 5 heteroatoms. The third-order valence-electron chi connectivity index (χ3n) is 3.78. The molecule has 0 aromatic carbocycles. The summed E-state index contributed by atoms with van der Waals surface area (Å²) in [7, 11) is 0. The second-order valence-electron chi connectivity index (χ2n) is 5.79. The van der Waals surface area contributed by atoms with E-state index in [1.807, 2.05) is 19.9 Å². The molecule has 5 nitrogen and oxygen atoms in total. The first-order valence-corrected chi connectivity index (χ1v) is 6.89. The van der Waals surface area contributed by atoms with Crippen LogP contribution < -0.4 is 5.32 Å². The second kappa shape index (κ2) is 5.23. The molecular formula is C15H21N3O2. The van der Waals surface area contributed by atoms with E-state index >= 15 is 0 Å². The number of hydrogen-bond acceptors (Lipinski definition) is 3. The number of carbonyl (C=O) groups is 2. The number of nitrogens with one attached hydrogen (secondary N) is 1. The summed E-state index contributed by atoms with van der Waals surface area (Å²) in [4.78, 5) is 30.5. The molecule has 1 saturated heterocycles. The van der Waals surface area contributed by atoms with E-state index in [2.05, 4.69) is 10.3 Å². The Balaban J connectivity index is 2.30. The predicted molar refractivity (Wildman–Crippen MR) is 75.8 cm³/mol. The maximum absolute atomic E-state index is 12.5. The molecule has 1 fully saturated rings. The van der Waals surface area contributed by atoms with Crippen molar-refractivity contribution in [1.29, 1.82) is 0 Å². The Morgan fingerprint density at radius 1 is 1.35 bits per heavy atom. The van der Waals surface area contributed by atoms with Gasteiger partial charge in [0.05, 0.1) is 0 Å². The summed E-state index contributed by atoms with van der Waals surface area (Å²) in [5, 5.41) is 2.79. The zero-order valence-electron chi connectivity index (χ0n) is 12.4. The van der Waals surface area contributed by atoms with Crippen LogP contribution in [0.2, 0.25) is 0 Å². The molecule has 108 valence electrons. The van der Waals surface area contributed by atoms with Crippen LogP contribution in [0.3, 0.4) is 0 Å². The quantitative estimate of drug-likeness (QED) is 0.907. The molecular weight excluding hydrogens is 254 g/mol. The van der Waals surface area contributed by atoms with E-state index in [1.165, 1.54) is 0 Å². The standard InChI is InChI=1S/C15H21N3O2/c1-5-12-13(19)18(15(3,4)14(20)17-12)9-11-6-10(2)7-16-8-11/h6-8,12H,5,9H2,1-4H3,(H,17,20). The van der Waals surface area contributed by atoms with Crippen molar-refractivity contribution in [1.82, 2.24) is 15.2 Å². The first-order valence-electron chi connectivity index (χ1n) is 6.89. The smallest absolute Gasteiger partial charge is 0.246 e. The van der Waals surface area contributed by atoms with Crippen molar-refractivity contribution in [3.63, 3.8) is 0 Å². The lowest BCUT2D eigenvalue weighted by Gasteiger charge is -2.44. The van der Waals surface area contributed by atoms with E-state index in [0.29, 0.717) is 13.0 Å². The van der Waals surface area contributed by atoms with Crippen LogP contribution in [0.25, 0.3) is 0 Å². The molecule has 1 unspecified atom stereocenters. The fourth-order valence-corrected chi connectivity index (χ4v) is 2.42.